The number of hydrogen-bond donors (Lipinski definition) is 2. The van der Waals surface area contributed by atoms with Crippen LogP contribution >= 0.6 is 24.0 Å². The fraction of sp³-hybridized carbons (Fsp3) is 0.875. The van der Waals surface area contributed by atoms with Crippen molar-refractivity contribution >= 4 is 28.3 Å². The summed E-state index contributed by atoms with van der Waals surface area (Å²) >= 11 is 6.53. The van der Waals surface area contributed by atoms with E-state index < -0.39 is 0 Å². The third-order valence-corrected chi connectivity index (χ3v) is 2.81. The lowest BCUT2D eigenvalue weighted by Crippen LogP contribution is -2.21. The lowest BCUT2D eigenvalue weighted by molar-refractivity contribution is 0.220. The number of aliphatic hydroxyl groups excluding tert-OH is 1. The lowest BCUT2D eigenvalue weighted by atomic mass is 10.3. The SMILES string of the molecule is CCCCNC(=S)SCC(C)O. The van der Waals surface area contributed by atoms with Gasteiger partial charge in [0.25, 0.3) is 0 Å². The average molecular weight is 207 g/mol. The van der Waals surface area contributed by atoms with Crippen LogP contribution in [0.2, 0.25) is 0 Å². The molecule has 0 fully saturated rings. The molecule has 0 saturated heterocycles. The first kappa shape index (κ1) is 12.2. The molecule has 12 heavy (non-hydrogen) atoms. The second-order valence-electron chi connectivity index (χ2n) is 2.73. The minimum Gasteiger partial charge on any atom is -0.393 e. The van der Waals surface area contributed by atoms with E-state index in [1.54, 1.807) is 6.92 Å². The van der Waals surface area contributed by atoms with Crippen molar-refractivity contribution in [1.82, 2.24) is 5.32 Å². The highest BCUT2D eigenvalue weighted by Crippen LogP contribution is 2.04. The van der Waals surface area contributed by atoms with Crippen molar-refractivity contribution < 1.29 is 5.11 Å². The fourth-order valence-corrected chi connectivity index (χ4v) is 1.52. The van der Waals surface area contributed by atoms with Gasteiger partial charge in [-0.15, -0.1) is 0 Å². The zero-order valence-corrected chi connectivity index (χ0v) is 9.30. The Balaban J connectivity index is 3.22. The van der Waals surface area contributed by atoms with Crippen LogP contribution in [0.3, 0.4) is 0 Å². The number of hydrogen-bond acceptors (Lipinski definition) is 3. The quantitative estimate of drug-likeness (QED) is 0.532. The Hall–Kier alpha value is 0.200. The second-order valence-corrected chi connectivity index (χ2v) is 4.42. The second kappa shape index (κ2) is 7.83. The Bertz CT molecular complexity index is 128. The molecule has 0 aromatic rings. The molecular weight excluding hydrogens is 190 g/mol. The van der Waals surface area contributed by atoms with E-state index in [0.717, 1.165) is 17.3 Å². The smallest absolute Gasteiger partial charge is 0.133 e. The number of rotatable bonds is 5. The molecule has 4 heteroatoms. The maximum atomic E-state index is 8.96. The van der Waals surface area contributed by atoms with E-state index in [9.17, 15) is 0 Å². The summed E-state index contributed by atoms with van der Waals surface area (Å²) in [5.74, 6) is 0.679. The normalized spacial score (nSPS) is 12.6. The van der Waals surface area contributed by atoms with Crippen LogP contribution in [0.25, 0.3) is 0 Å². The third-order valence-electron chi connectivity index (χ3n) is 1.26. The fourth-order valence-electron chi connectivity index (χ4n) is 0.615. The summed E-state index contributed by atoms with van der Waals surface area (Å²) in [6.07, 6.45) is 2.05. The molecule has 0 aromatic heterocycles. The Kier molecular flexibility index (Phi) is 7.96. The van der Waals surface area contributed by atoms with Crippen molar-refractivity contribution in [1.29, 1.82) is 0 Å². The van der Waals surface area contributed by atoms with Crippen LogP contribution in [0, 0.1) is 0 Å². The monoisotopic (exact) mass is 207 g/mol. The molecule has 1 unspecified atom stereocenters. The Morgan fingerprint density at radius 1 is 1.67 bits per heavy atom. The number of unbranched alkanes of at least 4 members (excludes halogenated alkanes) is 1. The van der Waals surface area contributed by atoms with Crippen LogP contribution in [0.5, 0.6) is 0 Å². The van der Waals surface area contributed by atoms with Crippen molar-refractivity contribution in [2.75, 3.05) is 12.3 Å². The van der Waals surface area contributed by atoms with E-state index in [4.69, 9.17) is 17.3 Å². The molecule has 0 radical (unpaired) electrons. The Morgan fingerprint density at radius 2 is 2.33 bits per heavy atom. The average Bonchev–Trinajstić information content (AvgIpc) is 2.01. The van der Waals surface area contributed by atoms with Crippen LogP contribution < -0.4 is 5.32 Å². The van der Waals surface area contributed by atoms with Gasteiger partial charge < -0.3 is 10.4 Å². The van der Waals surface area contributed by atoms with Crippen LogP contribution in [-0.4, -0.2) is 27.8 Å². The van der Waals surface area contributed by atoms with E-state index >= 15 is 0 Å². The molecule has 0 aromatic carbocycles. The standard InChI is InChI=1S/C8H17NOS2/c1-3-4-5-9-8(11)12-6-7(2)10/h7,10H,3-6H2,1-2H3,(H,9,11). The first-order valence-electron chi connectivity index (χ1n) is 4.25. The van der Waals surface area contributed by atoms with Crippen molar-refractivity contribution in [3.63, 3.8) is 0 Å². The maximum Gasteiger partial charge on any atom is 0.133 e. The highest BCUT2D eigenvalue weighted by atomic mass is 32.2. The lowest BCUT2D eigenvalue weighted by Gasteiger charge is -2.07. The maximum absolute atomic E-state index is 8.96. The topological polar surface area (TPSA) is 32.3 Å². The molecule has 0 aliphatic carbocycles. The van der Waals surface area contributed by atoms with Gasteiger partial charge in [-0.1, -0.05) is 37.3 Å². The largest absolute Gasteiger partial charge is 0.393 e. The van der Waals surface area contributed by atoms with E-state index in [1.165, 1.54) is 18.2 Å². The summed E-state index contributed by atoms with van der Waals surface area (Å²) in [4.78, 5) is 0. The molecule has 0 aliphatic rings. The van der Waals surface area contributed by atoms with E-state index in [-0.39, 0.29) is 6.10 Å². The highest BCUT2D eigenvalue weighted by molar-refractivity contribution is 8.23. The van der Waals surface area contributed by atoms with Gasteiger partial charge in [-0.2, -0.15) is 0 Å². The van der Waals surface area contributed by atoms with Gasteiger partial charge in [0.15, 0.2) is 0 Å². The number of thioether (sulfide) groups is 1. The molecule has 0 aliphatic heterocycles. The van der Waals surface area contributed by atoms with E-state index in [1.807, 2.05) is 0 Å². The number of thiocarbonyl (C=S) groups is 1. The molecule has 0 rings (SSSR count). The summed E-state index contributed by atoms with van der Waals surface area (Å²) in [5.41, 5.74) is 0. The van der Waals surface area contributed by atoms with Gasteiger partial charge in [0, 0.05) is 12.3 Å². The van der Waals surface area contributed by atoms with Gasteiger partial charge in [-0.3, -0.25) is 0 Å². The molecule has 72 valence electrons. The van der Waals surface area contributed by atoms with E-state index in [0.29, 0.717) is 5.75 Å². The van der Waals surface area contributed by atoms with Crippen LogP contribution in [0.1, 0.15) is 26.7 Å². The summed E-state index contributed by atoms with van der Waals surface area (Å²) in [6.45, 7) is 4.86. The molecular formula is C8H17NOS2. The van der Waals surface area contributed by atoms with Crippen molar-refractivity contribution in [3.05, 3.63) is 0 Å². The van der Waals surface area contributed by atoms with Gasteiger partial charge in [0.05, 0.1) is 6.10 Å². The van der Waals surface area contributed by atoms with Crippen LogP contribution in [-0.2, 0) is 0 Å². The predicted octanol–water partition coefficient (Wildman–Crippen LogP) is 1.77. The number of nitrogens with one attached hydrogen (secondary N) is 1. The van der Waals surface area contributed by atoms with Gasteiger partial charge in [-0.05, 0) is 13.3 Å². The molecule has 2 nitrogen and oxygen atoms in total. The zero-order valence-electron chi connectivity index (χ0n) is 7.67. The van der Waals surface area contributed by atoms with Crippen LogP contribution in [0.15, 0.2) is 0 Å². The van der Waals surface area contributed by atoms with Gasteiger partial charge in [-0.25, -0.2) is 0 Å². The summed E-state index contributed by atoms with van der Waals surface area (Å²) in [5, 5.41) is 12.1. The van der Waals surface area contributed by atoms with Crippen LogP contribution in [0.4, 0.5) is 0 Å². The Morgan fingerprint density at radius 3 is 2.83 bits per heavy atom. The summed E-state index contributed by atoms with van der Waals surface area (Å²) in [6, 6.07) is 0. The number of aliphatic hydroxyl groups is 1. The first-order valence-corrected chi connectivity index (χ1v) is 5.65. The molecule has 0 saturated carbocycles. The summed E-state index contributed by atoms with van der Waals surface area (Å²) < 4.78 is 0.796. The molecule has 0 heterocycles. The minimum absolute atomic E-state index is 0.277. The molecule has 0 amide bonds. The molecule has 2 N–H and O–H groups in total. The van der Waals surface area contributed by atoms with Crippen molar-refractivity contribution in [2.45, 2.75) is 32.8 Å². The van der Waals surface area contributed by atoms with Gasteiger partial charge in [0.1, 0.15) is 4.32 Å². The van der Waals surface area contributed by atoms with E-state index in [2.05, 4.69) is 12.2 Å². The third kappa shape index (κ3) is 8.30. The van der Waals surface area contributed by atoms with Crippen molar-refractivity contribution in [2.24, 2.45) is 0 Å². The van der Waals surface area contributed by atoms with Crippen molar-refractivity contribution in [3.8, 4) is 0 Å². The molecule has 1 atom stereocenters. The predicted molar refractivity (Wildman–Crippen MR) is 59.6 cm³/mol. The zero-order chi connectivity index (χ0) is 9.40. The Labute approximate surface area is 84.1 Å². The first-order chi connectivity index (χ1) is 5.66. The summed E-state index contributed by atoms with van der Waals surface area (Å²) in [7, 11) is 0. The molecule has 0 spiro atoms. The highest BCUT2D eigenvalue weighted by Gasteiger charge is 1.99. The molecule has 0 bridgehead atoms. The van der Waals surface area contributed by atoms with Gasteiger partial charge >= 0.3 is 0 Å². The minimum atomic E-state index is -0.277. The van der Waals surface area contributed by atoms with Gasteiger partial charge in [0.2, 0.25) is 0 Å².